The van der Waals surface area contributed by atoms with Crippen molar-refractivity contribution in [3.05, 3.63) is 107 Å². The van der Waals surface area contributed by atoms with Crippen molar-refractivity contribution in [2.24, 2.45) is 0 Å². The van der Waals surface area contributed by atoms with E-state index in [0.717, 1.165) is 42.7 Å². The number of ether oxygens (including phenoxy) is 2. The predicted molar refractivity (Wildman–Crippen MR) is 149 cm³/mol. The third-order valence-corrected chi connectivity index (χ3v) is 7.32. The number of rotatable bonds is 9. The van der Waals surface area contributed by atoms with E-state index < -0.39 is 17.7 Å². The quantitative estimate of drug-likeness (QED) is 0.247. The van der Waals surface area contributed by atoms with E-state index in [0.29, 0.717) is 37.7 Å². The molecule has 2 saturated heterocycles. The van der Waals surface area contributed by atoms with Crippen LogP contribution in [0.3, 0.4) is 0 Å². The molecule has 1 N–H and O–H groups in total. The fourth-order valence-electron chi connectivity index (χ4n) is 5.23. The van der Waals surface area contributed by atoms with Crippen LogP contribution in [0.2, 0.25) is 0 Å². The van der Waals surface area contributed by atoms with Gasteiger partial charge in [0.25, 0.3) is 11.7 Å². The fourth-order valence-corrected chi connectivity index (χ4v) is 5.23. The molecule has 1 amide bonds. The fraction of sp³-hybridized carbons (Fsp3) is 0.312. The number of morpholine rings is 1. The number of likely N-dealkylation sites (tertiary alicyclic amines) is 1. The number of aryl methyl sites for hydroxylation is 1. The topological polar surface area (TPSA) is 79.3 Å². The molecule has 2 aliphatic rings. The molecule has 0 saturated carbocycles. The summed E-state index contributed by atoms with van der Waals surface area (Å²) in [6.45, 7) is 6.72. The summed E-state index contributed by atoms with van der Waals surface area (Å²) in [5, 5.41) is 11.4. The van der Waals surface area contributed by atoms with Crippen molar-refractivity contribution >= 4 is 17.4 Å². The summed E-state index contributed by atoms with van der Waals surface area (Å²) < 4.78 is 11.4. The number of carbonyl (C=O) groups excluding carboxylic acids is 2. The van der Waals surface area contributed by atoms with Crippen LogP contribution in [-0.4, -0.2) is 66.0 Å². The Morgan fingerprint density at radius 1 is 0.949 bits per heavy atom. The molecule has 0 aliphatic carbocycles. The summed E-state index contributed by atoms with van der Waals surface area (Å²) >= 11 is 0. The maximum Gasteiger partial charge on any atom is 0.295 e. The van der Waals surface area contributed by atoms with E-state index in [-0.39, 0.29) is 11.3 Å². The van der Waals surface area contributed by atoms with E-state index in [1.807, 2.05) is 67.6 Å². The third-order valence-electron chi connectivity index (χ3n) is 7.32. The van der Waals surface area contributed by atoms with Crippen molar-refractivity contribution in [2.75, 3.05) is 39.4 Å². The number of hydrogen-bond acceptors (Lipinski definition) is 6. The van der Waals surface area contributed by atoms with Gasteiger partial charge in [-0.2, -0.15) is 0 Å². The summed E-state index contributed by atoms with van der Waals surface area (Å²) in [5.74, 6) is -0.712. The molecule has 39 heavy (non-hydrogen) atoms. The van der Waals surface area contributed by atoms with Crippen LogP contribution in [0.1, 0.15) is 34.7 Å². The molecule has 202 valence electrons. The lowest BCUT2D eigenvalue weighted by Gasteiger charge is -2.29. The third kappa shape index (κ3) is 6.05. The molecule has 0 radical (unpaired) electrons. The van der Waals surface area contributed by atoms with Gasteiger partial charge in [0.15, 0.2) is 0 Å². The van der Waals surface area contributed by atoms with Gasteiger partial charge in [0.05, 0.1) is 24.8 Å². The lowest BCUT2D eigenvalue weighted by Crippen LogP contribution is -2.38. The standard InChI is InChI=1S/C32H34N2O5/c1-23-21-26(13-14-27(23)39-22-24-9-4-2-5-10-24)30(35)28-29(25-11-6-3-7-12-25)34(32(37)31(28)36)16-8-15-33-17-19-38-20-18-33/h2-7,9-14,21,29,35H,8,15-20,22H2,1H3/t29-/m1/s1. The lowest BCUT2D eigenvalue weighted by atomic mass is 9.95. The lowest BCUT2D eigenvalue weighted by molar-refractivity contribution is -0.140. The average Bonchev–Trinajstić information content (AvgIpc) is 3.23. The second-order valence-electron chi connectivity index (χ2n) is 9.97. The van der Waals surface area contributed by atoms with Crippen LogP contribution in [0.25, 0.3) is 5.76 Å². The maximum atomic E-state index is 13.3. The maximum absolute atomic E-state index is 13.3. The summed E-state index contributed by atoms with van der Waals surface area (Å²) in [7, 11) is 0. The Bertz CT molecular complexity index is 1330. The van der Waals surface area contributed by atoms with Gasteiger partial charge in [-0.3, -0.25) is 14.5 Å². The molecule has 0 unspecified atom stereocenters. The van der Waals surface area contributed by atoms with Gasteiger partial charge in [-0.25, -0.2) is 0 Å². The van der Waals surface area contributed by atoms with Crippen molar-refractivity contribution < 1.29 is 24.2 Å². The van der Waals surface area contributed by atoms with Crippen LogP contribution in [-0.2, 0) is 20.9 Å². The van der Waals surface area contributed by atoms with Crippen LogP contribution in [0, 0.1) is 6.92 Å². The number of ketones is 1. The van der Waals surface area contributed by atoms with Crippen LogP contribution >= 0.6 is 0 Å². The number of benzene rings is 3. The molecule has 2 aliphatic heterocycles. The smallest absolute Gasteiger partial charge is 0.295 e. The Morgan fingerprint density at radius 2 is 1.64 bits per heavy atom. The van der Waals surface area contributed by atoms with Crippen molar-refractivity contribution in [1.29, 1.82) is 0 Å². The minimum Gasteiger partial charge on any atom is -0.507 e. The van der Waals surface area contributed by atoms with Gasteiger partial charge in [-0.15, -0.1) is 0 Å². The zero-order valence-corrected chi connectivity index (χ0v) is 22.2. The Hall–Kier alpha value is -3.94. The predicted octanol–water partition coefficient (Wildman–Crippen LogP) is 4.72. The van der Waals surface area contributed by atoms with Crippen LogP contribution in [0.5, 0.6) is 5.75 Å². The normalized spacial score (nSPS) is 19.4. The van der Waals surface area contributed by atoms with Crippen LogP contribution in [0.15, 0.2) is 84.4 Å². The van der Waals surface area contributed by atoms with Gasteiger partial charge in [0.1, 0.15) is 18.1 Å². The number of carbonyl (C=O) groups is 2. The molecule has 1 atom stereocenters. The number of nitrogens with zero attached hydrogens (tertiary/aromatic N) is 2. The first kappa shape index (κ1) is 26.7. The molecular formula is C32H34N2O5. The molecule has 0 bridgehead atoms. The van der Waals surface area contributed by atoms with Gasteiger partial charge in [-0.1, -0.05) is 60.7 Å². The zero-order valence-electron chi connectivity index (χ0n) is 22.2. The SMILES string of the molecule is Cc1cc(C(O)=C2C(=O)C(=O)N(CCCN3CCOCC3)[C@@H]2c2ccccc2)ccc1OCc1ccccc1. The van der Waals surface area contributed by atoms with Gasteiger partial charge >= 0.3 is 0 Å². The molecule has 2 fully saturated rings. The second kappa shape index (κ2) is 12.3. The molecule has 3 aromatic rings. The van der Waals surface area contributed by atoms with E-state index in [1.165, 1.54) is 0 Å². The minimum atomic E-state index is -0.658. The highest BCUT2D eigenvalue weighted by molar-refractivity contribution is 6.46. The highest BCUT2D eigenvalue weighted by Crippen LogP contribution is 2.40. The van der Waals surface area contributed by atoms with Crippen LogP contribution in [0.4, 0.5) is 0 Å². The van der Waals surface area contributed by atoms with Crippen molar-refractivity contribution in [1.82, 2.24) is 9.80 Å². The number of Topliss-reactive ketones (excluding diaryl/α,β-unsaturated/α-hetero) is 1. The highest BCUT2D eigenvalue weighted by Gasteiger charge is 2.45. The second-order valence-corrected chi connectivity index (χ2v) is 9.97. The Balaban J connectivity index is 1.40. The number of aliphatic hydroxyl groups excluding tert-OH is 1. The van der Waals surface area contributed by atoms with Crippen molar-refractivity contribution in [2.45, 2.75) is 26.0 Å². The first-order chi connectivity index (χ1) is 19.0. The Labute approximate surface area is 229 Å². The molecule has 0 aromatic heterocycles. The summed E-state index contributed by atoms with van der Waals surface area (Å²) in [4.78, 5) is 30.5. The van der Waals surface area contributed by atoms with Gasteiger partial charge in [-0.05, 0) is 48.2 Å². The summed E-state index contributed by atoms with van der Waals surface area (Å²) in [6, 6.07) is 24.0. The molecule has 7 heteroatoms. The van der Waals surface area contributed by atoms with E-state index >= 15 is 0 Å². The van der Waals surface area contributed by atoms with E-state index in [4.69, 9.17) is 9.47 Å². The van der Waals surface area contributed by atoms with Gasteiger partial charge in [0.2, 0.25) is 0 Å². The molecular weight excluding hydrogens is 492 g/mol. The monoisotopic (exact) mass is 526 g/mol. The number of hydrogen-bond donors (Lipinski definition) is 1. The van der Waals surface area contributed by atoms with Gasteiger partial charge in [0, 0.05) is 31.7 Å². The minimum absolute atomic E-state index is 0.120. The molecule has 3 aromatic carbocycles. The number of aliphatic hydroxyl groups is 1. The van der Waals surface area contributed by atoms with E-state index in [2.05, 4.69) is 4.90 Å². The first-order valence-corrected chi connectivity index (χ1v) is 13.4. The van der Waals surface area contributed by atoms with E-state index in [9.17, 15) is 14.7 Å². The molecule has 7 nitrogen and oxygen atoms in total. The first-order valence-electron chi connectivity index (χ1n) is 13.4. The average molecular weight is 527 g/mol. The molecule has 5 rings (SSSR count). The van der Waals surface area contributed by atoms with Crippen molar-refractivity contribution in [3.8, 4) is 5.75 Å². The molecule has 0 spiro atoms. The Kier molecular flexibility index (Phi) is 8.39. The number of amides is 1. The van der Waals surface area contributed by atoms with Crippen LogP contribution < -0.4 is 4.74 Å². The summed E-state index contributed by atoms with van der Waals surface area (Å²) in [5.41, 5.74) is 3.28. The summed E-state index contributed by atoms with van der Waals surface area (Å²) in [6.07, 6.45) is 0.725. The Morgan fingerprint density at radius 3 is 2.33 bits per heavy atom. The highest BCUT2D eigenvalue weighted by atomic mass is 16.5. The van der Waals surface area contributed by atoms with Crippen molar-refractivity contribution in [3.63, 3.8) is 0 Å². The van der Waals surface area contributed by atoms with Gasteiger partial charge < -0.3 is 19.5 Å². The molecule has 2 heterocycles. The van der Waals surface area contributed by atoms with E-state index in [1.54, 1.807) is 23.1 Å². The zero-order chi connectivity index (χ0) is 27.2. The largest absolute Gasteiger partial charge is 0.507 e.